The molecule has 1 aromatic rings. The zero-order valence-corrected chi connectivity index (χ0v) is 17.1. The van der Waals surface area contributed by atoms with Gasteiger partial charge in [0, 0.05) is 50.8 Å². The van der Waals surface area contributed by atoms with Crippen molar-refractivity contribution in [3.8, 4) is 0 Å². The molecule has 3 unspecified atom stereocenters. The van der Waals surface area contributed by atoms with Crippen molar-refractivity contribution in [2.45, 2.75) is 45.6 Å². The predicted molar refractivity (Wildman–Crippen MR) is 104 cm³/mol. The van der Waals surface area contributed by atoms with Crippen molar-refractivity contribution in [3.63, 3.8) is 0 Å². The minimum atomic E-state index is -0.312. The fourth-order valence-electron chi connectivity index (χ4n) is 3.98. The maximum atomic E-state index is 13.2. The van der Waals surface area contributed by atoms with Crippen LogP contribution in [0.3, 0.4) is 0 Å². The molecule has 2 saturated heterocycles. The molecule has 2 fully saturated rings. The molecule has 0 bridgehead atoms. The van der Waals surface area contributed by atoms with E-state index in [1.165, 1.54) is 12.1 Å². The highest BCUT2D eigenvalue weighted by molar-refractivity contribution is 6.31. The highest BCUT2D eigenvalue weighted by atomic mass is 35.5. The van der Waals surface area contributed by atoms with E-state index in [2.05, 4.69) is 9.80 Å². The van der Waals surface area contributed by atoms with Crippen LogP contribution >= 0.6 is 11.6 Å². The number of carbonyl (C=O) groups excluding carboxylic acids is 1. The molecular weight excluding hydrogens is 369 g/mol. The Hall–Kier alpha value is -1.21. The van der Waals surface area contributed by atoms with E-state index in [1.807, 2.05) is 25.7 Å². The van der Waals surface area contributed by atoms with Gasteiger partial charge in [0.2, 0.25) is 5.91 Å². The number of morpholine rings is 1. The number of nitrogens with zero attached hydrogens (tertiary/aromatic N) is 3. The van der Waals surface area contributed by atoms with Crippen LogP contribution in [0.4, 0.5) is 4.39 Å². The van der Waals surface area contributed by atoms with E-state index in [4.69, 9.17) is 16.3 Å². The van der Waals surface area contributed by atoms with Crippen LogP contribution < -0.4 is 0 Å². The third-order valence-electron chi connectivity index (χ3n) is 5.45. The lowest BCUT2D eigenvalue weighted by molar-refractivity contribution is -0.148. The van der Waals surface area contributed by atoms with Crippen molar-refractivity contribution < 1.29 is 13.9 Å². The number of piperazine rings is 1. The molecule has 0 aromatic heterocycles. The lowest BCUT2D eigenvalue weighted by Gasteiger charge is -2.41. The van der Waals surface area contributed by atoms with Gasteiger partial charge in [0.15, 0.2) is 0 Å². The van der Waals surface area contributed by atoms with Gasteiger partial charge >= 0.3 is 0 Å². The van der Waals surface area contributed by atoms with E-state index in [9.17, 15) is 9.18 Å². The maximum absolute atomic E-state index is 13.2. The lowest BCUT2D eigenvalue weighted by atomic mass is 10.1. The molecule has 0 radical (unpaired) electrons. The number of hydrogen-bond donors (Lipinski definition) is 0. The van der Waals surface area contributed by atoms with Crippen LogP contribution in [-0.4, -0.2) is 78.1 Å². The average Bonchev–Trinajstić information content (AvgIpc) is 2.62. The molecule has 2 aliphatic rings. The van der Waals surface area contributed by atoms with Crippen molar-refractivity contribution in [1.29, 1.82) is 0 Å². The second kappa shape index (κ2) is 8.86. The van der Waals surface area contributed by atoms with Crippen molar-refractivity contribution in [2.75, 3.05) is 39.3 Å². The molecule has 7 heteroatoms. The summed E-state index contributed by atoms with van der Waals surface area (Å²) in [7, 11) is 0. The highest BCUT2D eigenvalue weighted by Crippen LogP contribution is 2.20. The number of ether oxygens (including phenoxy) is 1. The normalized spacial score (nSPS) is 26.2. The molecule has 0 aliphatic carbocycles. The Bertz CT molecular complexity index is 657. The summed E-state index contributed by atoms with van der Waals surface area (Å²) in [6.45, 7) is 11.4. The van der Waals surface area contributed by atoms with Gasteiger partial charge in [-0.05, 0) is 38.5 Å². The van der Waals surface area contributed by atoms with Crippen molar-refractivity contribution >= 4 is 17.5 Å². The molecule has 2 heterocycles. The number of hydrogen-bond acceptors (Lipinski definition) is 4. The zero-order chi connectivity index (χ0) is 19.6. The third-order valence-corrected chi connectivity index (χ3v) is 5.80. The standard InChI is InChI=1S/C20H29ClFN3O2/c1-14-11-25(12-15(2)27-14)20(26)16(3)24-8-6-23(7-9-24)13-17-4-5-18(22)10-19(17)21/h4-5,10,14-16H,6-9,11-13H2,1-3H3. The number of benzene rings is 1. The van der Waals surface area contributed by atoms with Crippen LogP contribution in [0, 0.1) is 5.82 Å². The molecule has 3 rings (SSSR count). The monoisotopic (exact) mass is 397 g/mol. The Labute approximate surface area is 166 Å². The Morgan fingerprint density at radius 2 is 1.85 bits per heavy atom. The summed E-state index contributed by atoms with van der Waals surface area (Å²) in [6, 6.07) is 4.43. The highest BCUT2D eigenvalue weighted by Gasteiger charge is 2.32. The Balaban J connectivity index is 1.51. The van der Waals surface area contributed by atoms with E-state index in [0.29, 0.717) is 24.7 Å². The molecule has 0 saturated carbocycles. The van der Waals surface area contributed by atoms with Gasteiger partial charge in [-0.1, -0.05) is 17.7 Å². The largest absolute Gasteiger partial charge is 0.372 e. The van der Waals surface area contributed by atoms with Gasteiger partial charge in [0.1, 0.15) is 5.82 Å². The Kier molecular flexibility index (Phi) is 6.74. The Morgan fingerprint density at radius 1 is 1.22 bits per heavy atom. The second-order valence-electron chi connectivity index (χ2n) is 7.72. The molecule has 150 valence electrons. The van der Waals surface area contributed by atoms with E-state index in [1.54, 1.807) is 6.07 Å². The molecule has 1 aromatic carbocycles. The van der Waals surface area contributed by atoms with E-state index >= 15 is 0 Å². The number of amides is 1. The van der Waals surface area contributed by atoms with Gasteiger partial charge < -0.3 is 9.64 Å². The van der Waals surface area contributed by atoms with Crippen LogP contribution in [0.25, 0.3) is 0 Å². The number of carbonyl (C=O) groups is 1. The van der Waals surface area contributed by atoms with E-state index in [0.717, 1.165) is 31.7 Å². The van der Waals surface area contributed by atoms with Crippen molar-refractivity contribution in [2.24, 2.45) is 0 Å². The zero-order valence-electron chi connectivity index (χ0n) is 16.3. The summed E-state index contributed by atoms with van der Waals surface area (Å²) >= 11 is 6.14. The molecule has 0 spiro atoms. The lowest BCUT2D eigenvalue weighted by Crippen LogP contribution is -2.57. The van der Waals surface area contributed by atoms with Crippen LogP contribution in [-0.2, 0) is 16.1 Å². The van der Waals surface area contributed by atoms with Gasteiger partial charge in [0.25, 0.3) is 0 Å². The van der Waals surface area contributed by atoms with Gasteiger partial charge in [-0.15, -0.1) is 0 Å². The first-order valence-electron chi connectivity index (χ1n) is 9.68. The van der Waals surface area contributed by atoms with E-state index < -0.39 is 0 Å². The van der Waals surface area contributed by atoms with Crippen LogP contribution in [0.1, 0.15) is 26.3 Å². The molecule has 3 atom stereocenters. The second-order valence-corrected chi connectivity index (χ2v) is 8.13. The molecule has 2 aliphatic heterocycles. The van der Waals surface area contributed by atoms with Crippen molar-refractivity contribution in [1.82, 2.24) is 14.7 Å². The Morgan fingerprint density at radius 3 is 2.44 bits per heavy atom. The van der Waals surface area contributed by atoms with Crippen LogP contribution in [0.2, 0.25) is 5.02 Å². The molecule has 0 N–H and O–H groups in total. The predicted octanol–water partition coefficient (Wildman–Crippen LogP) is 2.62. The summed E-state index contributed by atoms with van der Waals surface area (Å²) in [4.78, 5) is 19.4. The smallest absolute Gasteiger partial charge is 0.239 e. The first-order chi connectivity index (χ1) is 12.8. The third kappa shape index (κ3) is 5.19. The van der Waals surface area contributed by atoms with E-state index in [-0.39, 0.29) is 30.0 Å². The van der Waals surface area contributed by atoms with Gasteiger partial charge in [0.05, 0.1) is 18.2 Å². The molecule has 27 heavy (non-hydrogen) atoms. The first-order valence-corrected chi connectivity index (χ1v) is 10.1. The van der Waals surface area contributed by atoms with Crippen LogP contribution in [0.15, 0.2) is 18.2 Å². The fraction of sp³-hybridized carbons (Fsp3) is 0.650. The number of halogens is 2. The maximum Gasteiger partial charge on any atom is 0.239 e. The number of rotatable bonds is 4. The topological polar surface area (TPSA) is 36.0 Å². The first kappa shape index (κ1) is 20.5. The van der Waals surface area contributed by atoms with Gasteiger partial charge in [-0.2, -0.15) is 0 Å². The van der Waals surface area contributed by atoms with Gasteiger partial charge in [-0.3, -0.25) is 14.6 Å². The summed E-state index contributed by atoms with van der Waals surface area (Å²) in [6.07, 6.45) is 0.171. The summed E-state index contributed by atoms with van der Waals surface area (Å²) in [5.74, 6) is -0.125. The van der Waals surface area contributed by atoms with Gasteiger partial charge in [-0.25, -0.2) is 4.39 Å². The summed E-state index contributed by atoms with van der Waals surface area (Å²) in [5.41, 5.74) is 0.937. The summed E-state index contributed by atoms with van der Waals surface area (Å²) < 4.78 is 18.9. The fourth-order valence-corrected chi connectivity index (χ4v) is 4.20. The van der Waals surface area contributed by atoms with Crippen LogP contribution in [0.5, 0.6) is 0 Å². The SMILES string of the molecule is CC1CN(C(=O)C(C)N2CCN(Cc3ccc(F)cc3Cl)CC2)CC(C)O1. The molecule has 1 amide bonds. The quantitative estimate of drug-likeness (QED) is 0.782. The summed E-state index contributed by atoms with van der Waals surface area (Å²) in [5, 5.41) is 0.469. The average molecular weight is 398 g/mol. The minimum Gasteiger partial charge on any atom is -0.372 e. The minimum absolute atomic E-state index is 0.0854. The van der Waals surface area contributed by atoms with Crippen molar-refractivity contribution in [3.05, 3.63) is 34.6 Å². The molecular formula is C20H29ClFN3O2. The molecule has 5 nitrogen and oxygen atoms in total.